The van der Waals surface area contributed by atoms with Crippen molar-refractivity contribution < 1.29 is 135 Å². The maximum absolute atomic E-state index is 13.3. The number of carbonyl (C=O) groups excluding carboxylic acids is 14. The van der Waals surface area contributed by atoms with Crippen LogP contribution in [0.1, 0.15) is 141 Å². The number of nitrogens with one attached hydrogen (secondary N) is 3. The molecule has 2 heterocycles. The van der Waals surface area contributed by atoms with Gasteiger partial charge in [0.1, 0.15) is 23.1 Å². The van der Waals surface area contributed by atoms with Gasteiger partial charge in [-0.3, -0.25) is 106 Å². The van der Waals surface area contributed by atoms with Gasteiger partial charge in [0.2, 0.25) is 0 Å². The SMILES string of the molecule is CCCCSC1CCC1SCCCC(=O)CN(CCN(CCC(=O)O)CCN(CC(C)=O)CC(=O)O)CC(=O)O.NCCSC1CCC1SCCN.O=C(O)CCN(CCN1CC(=O)OC(=O)C1)CCN1CC(=O)OC(=O)C1.[3H]C(P)C(=O)CNOC(=O)CCN(CCN(CC(C)=O)CC(=O)ONCC(=O)C([3H])P)CCN(CC(=O)CCCSC1CCC1SCCCC)CC(=O)ONCC(=O)C([3H])P. The Bertz CT molecular complexity index is 3680. The molecule has 41 nitrogen and oxygen atoms in total. The molecule has 5 rings (SSSR count). The minimum atomic E-state index is -1.09. The van der Waals surface area contributed by atoms with Crippen molar-refractivity contribution in [3.8, 4) is 0 Å². The van der Waals surface area contributed by atoms with Gasteiger partial charge in [0, 0.05) is 190 Å². The summed E-state index contributed by atoms with van der Waals surface area (Å²) in [6, 6.07) is 0. The number of nitrogens with two attached hydrogens (primary N) is 2. The summed E-state index contributed by atoms with van der Waals surface area (Å²) >= 11 is 12.0. The van der Waals surface area contributed by atoms with E-state index in [1.807, 2.05) is 91.4 Å². The molecule has 50 heteroatoms. The van der Waals surface area contributed by atoms with Crippen LogP contribution in [0.15, 0.2) is 0 Å². The highest BCUT2D eigenvalue weighted by atomic mass is 32.2. The molecule has 0 aromatic heterocycles. The van der Waals surface area contributed by atoms with Gasteiger partial charge in [0.15, 0.2) is 17.3 Å². The Labute approximate surface area is 836 Å². The van der Waals surface area contributed by atoms with Crippen LogP contribution >= 0.6 is 98.3 Å². The van der Waals surface area contributed by atoms with E-state index in [0.717, 1.165) is 64.0 Å². The van der Waals surface area contributed by atoms with Crippen molar-refractivity contribution in [2.24, 2.45) is 11.5 Å². The maximum atomic E-state index is 13.3. The first kappa shape index (κ1) is 122. The van der Waals surface area contributed by atoms with Crippen LogP contribution in [0, 0.1) is 0 Å². The molecule has 3 aliphatic carbocycles. The molecule has 0 aromatic rings. The predicted molar refractivity (Wildman–Crippen MR) is 539 cm³/mol. The molecule has 778 valence electrons. The van der Waals surface area contributed by atoms with E-state index in [0.29, 0.717) is 74.3 Å². The molecule has 5 fully saturated rings. The number of carboxylic acid groups (broad SMARTS) is 4. The number of morpholine rings is 2. The molecule has 2 aliphatic heterocycles. The summed E-state index contributed by atoms with van der Waals surface area (Å²) in [6.45, 7) is 9.98. The second kappa shape index (κ2) is 78.6. The molecule has 12 atom stereocenters. The van der Waals surface area contributed by atoms with Crippen LogP contribution in [0.4, 0.5) is 0 Å². The molecule has 2 saturated heterocycles. The summed E-state index contributed by atoms with van der Waals surface area (Å²) in [7, 11) is 6.09. The van der Waals surface area contributed by atoms with E-state index in [4.69, 9.17) is 45.4 Å². The lowest BCUT2D eigenvalue weighted by atomic mass is 9.99. The maximum Gasteiger partial charge on any atom is 0.338 e. The number of carbonyl (C=O) groups is 18. The number of thioether (sulfide) groups is 6. The molecular weight excluding hydrogens is 1950 g/mol. The molecule has 136 heavy (non-hydrogen) atoms. The topological polar surface area (TPSA) is 552 Å². The van der Waals surface area contributed by atoms with E-state index >= 15 is 0 Å². The van der Waals surface area contributed by atoms with Gasteiger partial charge in [0.25, 0.3) is 0 Å². The van der Waals surface area contributed by atoms with Crippen LogP contribution in [0.25, 0.3) is 0 Å². The first-order chi connectivity index (χ1) is 66.1. The molecule has 11 N–H and O–H groups in total. The standard InChI is InChI=1S/C36H65N6O11P3S2.C27H47N3O8S2.C15H21N3O8.C8H18N2S2/c1-3-4-15-57-32-7-8-33(32)58-16-5-6-28(44)21-42(23-36(50)53-39-19-31(47)26-56)14-12-40(10-9-34(48)51-37-17-29(45)24-54)11-13-41(20-27(2)43)22-35(49)52-38-18-30(46)25-55;1-3-4-15-39-23-7-8-24(23)40-16-5-6-22(32)18-30(20-27(37)38)14-12-28(10-9-25(33)34)11-13-29(17-21(2)31)19-26(35)36;19-11(20)1-2-16(3-5-17-7-12(21)25-13(22)8-17)4-6-18-9-14(23)26-15(24)10-18;9-3-5-11-7-1-2-8(7)12-6-4-10/h32-33,37-39H,3-26,54-56H2,1-2H3;23-24H,3-20H2,1-2H3,(H,33,34)(H,35,36)(H,37,38);1-10H2,(H,19,20);7-8H,1-6,9-10H2/i24T,25T,26T;;;. The number of Topliss-reactive ketones (excluding diaryl/α,β-unsaturated/α-hetero) is 7. The zero-order valence-electron chi connectivity index (χ0n) is 82.1. The minimum absolute atomic E-state index is 0.00494. The number of ether oxygens (including phenoxy) is 2. The third-order valence-electron chi connectivity index (χ3n) is 21.0. The Morgan fingerprint density at radius 2 is 0.632 bits per heavy atom. The van der Waals surface area contributed by atoms with Crippen LogP contribution in [0.3, 0.4) is 0 Å². The second-order valence-corrected chi connectivity index (χ2v) is 41.8. The van der Waals surface area contributed by atoms with Crippen molar-refractivity contribution in [3.05, 3.63) is 0 Å². The third kappa shape index (κ3) is 66.0. The monoisotopic (exact) mass is 2100 g/mol. The van der Waals surface area contributed by atoms with E-state index in [1.165, 1.54) is 93.6 Å². The molecule has 0 aromatic carbocycles. The lowest BCUT2D eigenvalue weighted by Gasteiger charge is -2.35. The smallest absolute Gasteiger partial charge is 0.338 e. The summed E-state index contributed by atoms with van der Waals surface area (Å²) in [5.41, 5.74) is 17.7. The Morgan fingerprint density at radius 1 is 0.360 bits per heavy atom. The number of unbranched alkanes of at least 4 members (excludes halogenated alkanes) is 2. The largest absolute Gasteiger partial charge is 0.481 e. The zero-order chi connectivity index (χ0) is 104. The fraction of sp³-hybridized carbons (Fsp3) is 0.791. The van der Waals surface area contributed by atoms with Crippen molar-refractivity contribution in [2.75, 3.05) is 262 Å². The number of rotatable bonds is 79. The summed E-state index contributed by atoms with van der Waals surface area (Å²) in [4.78, 5) is 242. The van der Waals surface area contributed by atoms with Gasteiger partial charge >= 0.3 is 65.7 Å². The normalized spacial score (nSPS) is 18.6. The minimum Gasteiger partial charge on any atom is -0.481 e. The number of hydrogen-bond acceptors (Lipinski definition) is 43. The Balaban J connectivity index is 0.000000709. The molecule has 0 amide bonds. The number of hydrogen-bond donors (Lipinski definition) is 9. The number of ketones is 7. The molecule has 0 bridgehead atoms. The fourth-order valence-corrected chi connectivity index (χ4v) is 22.7. The van der Waals surface area contributed by atoms with Gasteiger partial charge in [-0.05, 0) is 101 Å². The van der Waals surface area contributed by atoms with Gasteiger partial charge < -0.3 is 70.6 Å². The van der Waals surface area contributed by atoms with E-state index in [2.05, 4.69) is 51.5 Å². The number of carboxylic acids is 4. The van der Waals surface area contributed by atoms with Crippen molar-refractivity contribution in [2.45, 2.75) is 168 Å². The van der Waals surface area contributed by atoms with Crippen molar-refractivity contribution in [3.63, 3.8) is 0 Å². The Kier molecular flexibility index (Phi) is 70.2. The first-order valence-electron chi connectivity index (χ1n) is 47.7. The molecule has 0 spiro atoms. The Morgan fingerprint density at radius 3 is 0.919 bits per heavy atom. The highest BCUT2D eigenvalue weighted by Gasteiger charge is 2.35. The van der Waals surface area contributed by atoms with Gasteiger partial charge in [-0.25, -0.2) is 9.59 Å². The summed E-state index contributed by atoms with van der Waals surface area (Å²) in [6.07, 6.45) is 11.0. The lowest BCUT2D eigenvalue weighted by molar-refractivity contribution is -0.168. The van der Waals surface area contributed by atoms with E-state index in [1.54, 1.807) is 29.4 Å². The van der Waals surface area contributed by atoms with Gasteiger partial charge in [-0.15, -0.1) is 44.2 Å². The van der Waals surface area contributed by atoms with E-state index in [-0.39, 0.29) is 199 Å². The number of aliphatic carboxylic acids is 4. The zero-order valence-corrected chi connectivity index (χ0v) is 87.5. The molecule has 0 radical (unpaired) electrons. The Hall–Kier alpha value is -4.91. The van der Waals surface area contributed by atoms with E-state index in [9.17, 15) is 91.4 Å². The fourth-order valence-electron chi connectivity index (χ4n) is 13.4. The van der Waals surface area contributed by atoms with Crippen molar-refractivity contribution >= 4 is 204 Å². The average molecular weight is 2100 g/mol. The summed E-state index contributed by atoms with van der Waals surface area (Å²) < 4.78 is 31.2. The summed E-state index contributed by atoms with van der Waals surface area (Å²) in [5.74, 6) is -4.50. The van der Waals surface area contributed by atoms with Crippen LogP contribution in [-0.2, 0) is 110 Å². The van der Waals surface area contributed by atoms with Crippen molar-refractivity contribution in [1.29, 1.82) is 0 Å². The number of hydroxylamine groups is 3. The second-order valence-electron chi connectivity index (χ2n) is 32.8. The quantitative estimate of drug-likeness (QED) is 0.0103. The van der Waals surface area contributed by atoms with Gasteiger partial charge in [0.05, 0.1) is 117 Å². The molecular formula is C86H151N14O27P3S6. The van der Waals surface area contributed by atoms with Crippen LogP contribution in [-0.4, -0.2) is 465 Å². The highest BCUT2D eigenvalue weighted by molar-refractivity contribution is 8.04. The molecule has 3 saturated carbocycles. The first-order valence-corrected chi connectivity index (χ1v) is 54.3. The van der Waals surface area contributed by atoms with Crippen LogP contribution < -0.4 is 27.9 Å². The van der Waals surface area contributed by atoms with Crippen LogP contribution in [0.5, 0.6) is 0 Å². The molecule has 5 aliphatic rings. The number of nitrogens with zero attached hydrogens (tertiary/aromatic N) is 9. The van der Waals surface area contributed by atoms with E-state index < -0.39 is 101 Å². The van der Waals surface area contributed by atoms with Crippen LogP contribution in [0.2, 0.25) is 0 Å². The number of cyclic esters (lactones) is 4. The predicted octanol–water partition coefficient (Wildman–Crippen LogP) is 1.20. The third-order valence-corrected chi connectivity index (χ3v) is 31.6. The summed E-state index contributed by atoms with van der Waals surface area (Å²) in [5, 5.41) is 40.8. The van der Waals surface area contributed by atoms with Crippen molar-refractivity contribution in [1.82, 2.24) is 60.5 Å². The van der Waals surface area contributed by atoms with Gasteiger partial charge in [-0.1, -0.05) is 26.7 Å². The molecule has 12 unspecified atom stereocenters. The van der Waals surface area contributed by atoms with Gasteiger partial charge in [-0.2, -0.15) is 70.6 Å². The average Bonchev–Trinajstić information content (AvgIpc) is 0.859. The number of esters is 4. The highest BCUT2D eigenvalue weighted by Crippen LogP contribution is 2.42. The lowest BCUT2D eigenvalue weighted by Crippen LogP contribution is -2.48.